The number of halogens is 2. The van der Waals surface area contributed by atoms with E-state index in [2.05, 4.69) is 70.8 Å². The van der Waals surface area contributed by atoms with E-state index in [4.69, 9.17) is 0 Å². The van der Waals surface area contributed by atoms with Crippen molar-refractivity contribution in [3.63, 3.8) is 0 Å². The molecular weight excluding hydrogens is 354 g/mol. The summed E-state index contributed by atoms with van der Waals surface area (Å²) in [6, 6.07) is 10.8. The van der Waals surface area contributed by atoms with Gasteiger partial charge in [-0.15, -0.1) is 0 Å². The van der Waals surface area contributed by atoms with Gasteiger partial charge in [-0.1, -0.05) is 70.0 Å². The highest BCUT2D eigenvalue weighted by Crippen LogP contribution is 2.39. The molecule has 18 heavy (non-hydrogen) atoms. The van der Waals surface area contributed by atoms with Gasteiger partial charge in [0.2, 0.25) is 0 Å². The van der Waals surface area contributed by atoms with E-state index in [1.54, 1.807) is 0 Å². The number of hydrogen-bond donors (Lipinski definition) is 0. The second-order valence-electron chi connectivity index (χ2n) is 5.01. The van der Waals surface area contributed by atoms with Crippen molar-refractivity contribution in [1.29, 1.82) is 5.26 Å². The lowest BCUT2D eigenvalue weighted by molar-refractivity contribution is 0.370. The molecule has 3 heteroatoms. The second-order valence-corrected chi connectivity index (χ2v) is 6.95. The number of nitriles is 1. The fraction of sp³-hybridized carbons (Fsp3) is 0.533. The molecule has 1 aromatic carbocycles. The maximum atomic E-state index is 9.78. The zero-order valence-electron chi connectivity index (χ0n) is 11.1. The lowest BCUT2D eigenvalue weighted by Crippen LogP contribution is -2.34. The van der Waals surface area contributed by atoms with E-state index in [1.165, 1.54) is 5.56 Å². The van der Waals surface area contributed by atoms with Crippen molar-refractivity contribution >= 4 is 31.9 Å². The molecule has 0 saturated carbocycles. The van der Waals surface area contributed by atoms with Crippen LogP contribution in [0.3, 0.4) is 0 Å². The number of rotatable bonds is 5. The lowest BCUT2D eigenvalue weighted by Gasteiger charge is -2.34. The Kier molecular flexibility index (Phi) is 5.88. The smallest absolute Gasteiger partial charge is 0.0858 e. The molecule has 0 saturated heterocycles. The maximum Gasteiger partial charge on any atom is 0.0858 e. The van der Waals surface area contributed by atoms with Crippen molar-refractivity contribution in [3.8, 4) is 6.07 Å². The maximum absolute atomic E-state index is 9.78. The minimum atomic E-state index is -0.423. The largest absolute Gasteiger partial charge is 0.197 e. The molecule has 1 nitrogen and oxygen atoms in total. The monoisotopic (exact) mass is 371 g/mol. The van der Waals surface area contributed by atoms with Gasteiger partial charge in [0.15, 0.2) is 0 Å². The van der Waals surface area contributed by atoms with Crippen LogP contribution < -0.4 is 0 Å². The molecule has 1 rings (SSSR count). The molecule has 2 atom stereocenters. The molecule has 0 fully saturated rings. The minimum Gasteiger partial charge on any atom is -0.197 e. The van der Waals surface area contributed by atoms with Gasteiger partial charge in [-0.3, -0.25) is 0 Å². The number of alkyl halides is 2. The second kappa shape index (κ2) is 6.73. The van der Waals surface area contributed by atoms with Crippen LogP contribution in [-0.4, -0.2) is 10.2 Å². The van der Waals surface area contributed by atoms with Crippen LogP contribution in [0.25, 0.3) is 0 Å². The van der Waals surface area contributed by atoms with E-state index in [0.717, 1.165) is 17.3 Å². The van der Waals surface area contributed by atoms with E-state index in [1.807, 2.05) is 12.1 Å². The average molecular weight is 373 g/mol. The molecule has 0 N–H and O–H groups in total. The summed E-state index contributed by atoms with van der Waals surface area (Å²) in [6.45, 7) is 6.34. The minimum absolute atomic E-state index is 0.280. The van der Waals surface area contributed by atoms with E-state index in [9.17, 15) is 5.26 Å². The highest BCUT2D eigenvalue weighted by Gasteiger charge is 2.38. The van der Waals surface area contributed by atoms with Gasteiger partial charge >= 0.3 is 0 Å². The number of benzene rings is 1. The summed E-state index contributed by atoms with van der Waals surface area (Å²) >= 11 is 7.13. The number of aryl methyl sites for hydroxylation is 1. The van der Waals surface area contributed by atoms with Crippen LogP contribution in [0.4, 0.5) is 0 Å². The van der Waals surface area contributed by atoms with Crippen molar-refractivity contribution in [2.45, 2.75) is 37.4 Å². The lowest BCUT2D eigenvalue weighted by atomic mass is 9.68. The van der Waals surface area contributed by atoms with Gasteiger partial charge in [0.05, 0.1) is 11.5 Å². The third-order valence-corrected chi connectivity index (χ3v) is 5.82. The molecule has 0 spiro atoms. The van der Waals surface area contributed by atoms with Crippen LogP contribution in [0, 0.1) is 24.2 Å². The van der Waals surface area contributed by atoms with Crippen LogP contribution in [0.2, 0.25) is 0 Å². The first-order valence-corrected chi connectivity index (χ1v) is 8.19. The normalized spacial score (nSPS) is 16.1. The first kappa shape index (κ1) is 15.7. The van der Waals surface area contributed by atoms with Crippen molar-refractivity contribution < 1.29 is 0 Å². The van der Waals surface area contributed by atoms with E-state index >= 15 is 0 Å². The van der Waals surface area contributed by atoms with Gasteiger partial charge in [0, 0.05) is 10.2 Å². The quantitative estimate of drug-likeness (QED) is 0.670. The zero-order chi connectivity index (χ0) is 13.8. The Bertz CT molecular complexity index is 436. The molecule has 0 bridgehead atoms. The fourth-order valence-electron chi connectivity index (χ4n) is 2.37. The molecule has 0 unspecified atom stereocenters. The summed E-state index contributed by atoms with van der Waals surface area (Å²) in [5, 5.41) is 10.6. The Morgan fingerprint density at radius 3 is 2.39 bits per heavy atom. The summed E-state index contributed by atoms with van der Waals surface area (Å²) in [6.07, 6.45) is 0.817. The SMILES string of the molecule is Cc1ccccc1[C@@](C#N)(C[C@@H](Br)CBr)C(C)C. The molecule has 0 aliphatic heterocycles. The standard InChI is InChI=1S/C15H19Br2N/c1-11(2)15(10-18,8-13(17)9-16)14-7-5-4-6-12(14)3/h4-7,11,13H,8-9H2,1-3H3/t13-,15-/m1/s1. The van der Waals surface area contributed by atoms with Crippen LogP contribution in [0.15, 0.2) is 24.3 Å². The van der Waals surface area contributed by atoms with Crippen molar-refractivity contribution in [2.24, 2.45) is 5.92 Å². The van der Waals surface area contributed by atoms with Crippen molar-refractivity contribution in [1.82, 2.24) is 0 Å². The third kappa shape index (κ3) is 3.16. The first-order valence-electron chi connectivity index (χ1n) is 6.15. The van der Waals surface area contributed by atoms with E-state index in [0.29, 0.717) is 4.83 Å². The Morgan fingerprint density at radius 1 is 1.33 bits per heavy atom. The molecule has 1 aromatic rings. The van der Waals surface area contributed by atoms with Gasteiger partial charge < -0.3 is 0 Å². The molecule has 0 aliphatic rings. The van der Waals surface area contributed by atoms with Gasteiger partial charge in [-0.25, -0.2) is 0 Å². The molecule has 0 amide bonds. The molecule has 98 valence electrons. The topological polar surface area (TPSA) is 23.8 Å². The van der Waals surface area contributed by atoms with Crippen molar-refractivity contribution in [2.75, 3.05) is 5.33 Å². The van der Waals surface area contributed by atoms with E-state index < -0.39 is 5.41 Å². The molecular formula is C15H19Br2N. The van der Waals surface area contributed by atoms with Gasteiger partial charge in [0.1, 0.15) is 0 Å². The summed E-state index contributed by atoms with van der Waals surface area (Å²) in [5.74, 6) is 0.280. The number of nitrogens with zero attached hydrogens (tertiary/aromatic N) is 1. The van der Waals surface area contributed by atoms with Crippen LogP contribution in [-0.2, 0) is 5.41 Å². The van der Waals surface area contributed by atoms with E-state index in [-0.39, 0.29) is 5.92 Å². The third-order valence-electron chi connectivity index (χ3n) is 3.52. The molecule has 0 aromatic heterocycles. The van der Waals surface area contributed by atoms with Crippen LogP contribution in [0.1, 0.15) is 31.4 Å². The Labute approximate surface area is 127 Å². The summed E-state index contributed by atoms with van der Waals surface area (Å²) in [7, 11) is 0. The molecule has 0 radical (unpaired) electrons. The predicted octanol–water partition coefficient (Wildman–Crippen LogP) is 4.96. The van der Waals surface area contributed by atoms with Gasteiger partial charge in [0.25, 0.3) is 0 Å². The Balaban J connectivity index is 3.29. The van der Waals surface area contributed by atoms with Gasteiger partial charge in [-0.2, -0.15) is 5.26 Å². The summed E-state index contributed by atoms with van der Waals surface area (Å²) in [5.41, 5.74) is 1.93. The summed E-state index contributed by atoms with van der Waals surface area (Å²) in [4.78, 5) is 0.305. The Hall–Kier alpha value is -0.330. The van der Waals surface area contributed by atoms with Crippen LogP contribution >= 0.6 is 31.9 Å². The van der Waals surface area contributed by atoms with Crippen LogP contribution in [0.5, 0.6) is 0 Å². The highest BCUT2D eigenvalue weighted by molar-refractivity contribution is 9.12. The predicted molar refractivity (Wildman–Crippen MR) is 84.4 cm³/mol. The summed E-state index contributed by atoms with van der Waals surface area (Å²) < 4.78 is 0. The highest BCUT2D eigenvalue weighted by atomic mass is 79.9. The first-order chi connectivity index (χ1) is 8.47. The van der Waals surface area contributed by atoms with Crippen molar-refractivity contribution in [3.05, 3.63) is 35.4 Å². The number of hydrogen-bond acceptors (Lipinski definition) is 1. The fourth-order valence-corrected chi connectivity index (χ4v) is 3.11. The molecule has 0 aliphatic carbocycles. The molecule has 0 heterocycles. The average Bonchev–Trinajstić information content (AvgIpc) is 2.36. The van der Waals surface area contributed by atoms with Gasteiger partial charge in [-0.05, 0) is 30.4 Å². The Morgan fingerprint density at radius 2 is 1.94 bits per heavy atom. The zero-order valence-corrected chi connectivity index (χ0v) is 14.3.